The lowest BCUT2D eigenvalue weighted by atomic mass is 10.0. The van der Waals surface area contributed by atoms with Crippen LogP contribution in [-0.4, -0.2) is 36.2 Å². The van der Waals surface area contributed by atoms with Crippen LogP contribution in [0.5, 0.6) is 0 Å². The molecule has 1 aliphatic rings. The van der Waals surface area contributed by atoms with Gasteiger partial charge in [-0.3, -0.25) is 4.90 Å². The average Bonchev–Trinajstić information content (AvgIpc) is 1.94. The normalized spacial score (nSPS) is 34.6. The number of piperidine rings is 1. The number of rotatable bonds is 1. The van der Waals surface area contributed by atoms with Crippen molar-refractivity contribution in [3.8, 4) is 0 Å². The Morgan fingerprint density at radius 2 is 2.18 bits per heavy atom. The Hall–Kier alpha value is -0.150. The molecule has 0 saturated carbocycles. The molecule has 0 aromatic carbocycles. The van der Waals surface area contributed by atoms with E-state index in [1.54, 1.807) is 0 Å². The first kappa shape index (κ1) is 8.94. The molecular formula is C8H17FN2. The summed E-state index contributed by atoms with van der Waals surface area (Å²) >= 11 is 0. The van der Waals surface area contributed by atoms with Gasteiger partial charge in [-0.15, -0.1) is 0 Å². The number of nitrogens with two attached hydrogens (primary N) is 1. The van der Waals surface area contributed by atoms with Crippen LogP contribution >= 0.6 is 0 Å². The third-order valence-corrected chi connectivity index (χ3v) is 2.35. The molecule has 1 saturated heterocycles. The Balaban J connectivity index is 2.40. The molecular weight excluding hydrogens is 143 g/mol. The monoisotopic (exact) mass is 160 g/mol. The minimum absolute atomic E-state index is 0.231. The highest BCUT2D eigenvalue weighted by molar-refractivity contribution is 4.83. The summed E-state index contributed by atoms with van der Waals surface area (Å²) in [4.78, 5) is 2.13. The number of hydrogen-bond donors (Lipinski definition) is 1. The van der Waals surface area contributed by atoms with Crippen LogP contribution in [0.15, 0.2) is 0 Å². The van der Waals surface area contributed by atoms with Crippen LogP contribution in [0.4, 0.5) is 4.39 Å². The summed E-state index contributed by atoms with van der Waals surface area (Å²) in [7, 11) is 0. The van der Waals surface area contributed by atoms with E-state index in [-0.39, 0.29) is 6.04 Å². The number of alkyl halides is 1. The van der Waals surface area contributed by atoms with Gasteiger partial charge in [-0.2, -0.15) is 0 Å². The average molecular weight is 160 g/mol. The number of hydrogen-bond acceptors (Lipinski definition) is 2. The van der Waals surface area contributed by atoms with Crippen molar-refractivity contribution in [2.75, 3.05) is 13.1 Å². The lowest BCUT2D eigenvalue weighted by Gasteiger charge is -2.35. The highest BCUT2D eigenvalue weighted by atomic mass is 19.1. The summed E-state index contributed by atoms with van der Waals surface area (Å²) in [5.41, 5.74) is 5.54. The van der Waals surface area contributed by atoms with E-state index in [0.29, 0.717) is 12.6 Å². The Labute approximate surface area is 67.6 Å². The van der Waals surface area contributed by atoms with E-state index in [1.165, 1.54) is 0 Å². The summed E-state index contributed by atoms with van der Waals surface area (Å²) in [6.45, 7) is 5.63. The molecule has 2 N–H and O–H groups in total. The van der Waals surface area contributed by atoms with Crippen molar-refractivity contribution in [3.63, 3.8) is 0 Å². The molecule has 0 aliphatic carbocycles. The van der Waals surface area contributed by atoms with Crippen molar-refractivity contribution in [3.05, 3.63) is 0 Å². The van der Waals surface area contributed by atoms with Crippen molar-refractivity contribution < 1.29 is 4.39 Å². The summed E-state index contributed by atoms with van der Waals surface area (Å²) in [6.07, 6.45) is -0.0366. The van der Waals surface area contributed by atoms with Gasteiger partial charge in [0.1, 0.15) is 6.17 Å². The summed E-state index contributed by atoms with van der Waals surface area (Å²) in [5, 5.41) is 0. The van der Waals surface area contributed by atoms with Crippen molar-refractivity contribution in [1.82, 2.24) is 4.90 Å². The fraction of sp³-hybridized carbons (Fsp3) is 1.00. The van der Waals surface area contributed by atoms with Crippen molar-refractivity contribution >= 4 is 0 Å². The zero-order valence-corrected chi connectivity index (χ0v) is 7.26. The quantitative estimate of drug-likeness (QED) is 0.614. The molecule has 2 atom stereocenters. The van der Waals surface area contributed by atoms with E-state index in [2.05, 4.69) is 18.7 Å². The van der Waals surface area contributed by atoms with Crippen molar-refractivity contribution in [1.29, 1.82) is 0 Å². The van der Waals surface area contributed by atoms with Crippen LogP contribution in [0.25, 0.3) is 0 Å². The van der Waals surface area contributed by atoms with E-state index in [0.717, 1.165) is 13.0 Å². The van der Waals surface area contributed by atoms with Gasteiger partial charge in [-0.05, 0) is 20.3 Å². The topological polar surface area (TPSA) is 29.3 Å². The van der Waals surface area contributed by atoms with Gasteiger partial charge in [-0.1, -0.05) is 0 Å². The SMILES string of the molecule is CC(C)N1CC[C@H](N)C(F)C1. The standard InChI is InChI=1S/C8H17FN2/c1-6(2)11-4-3-8(10)7(9)5-11/h6-8H,3-5,10H2,1-2H3/t7?,8-/m0/s1. The summed E-state index contributed by atoms with van der Waals surface area (Å²) in [5.74, 6) is 0. The number of nitrogens with zero attached hydrogens (tertiary/aromatic N) is 1. The van der Waals surface area contributed by atoms with Gasteiger partial charge >= 0.3 is 0 Å². The van der Waals surface area contributed by atoms with E-state index in [9.17, 15) is 4.39 Å². The Morgan fingerprint density at radius 3 is 2.64 bits per heavy atom. The van der Waals surface area contributed by atoms with Crippen LogP contribution in [-0.2, 0) is 0 Å². The molecule has 0 bridgehead atoms. The van der Waals surface area contributed by atoms with Gasteiger partial charge in [0.25, 0.3) is 0 Å². The van der Waals surface area contributed by atoms with E-state index >= 15 is 0 Å². The molecule has 1 rings (SSSR count). The molecule has 0 amide bonds. The third kappa shape index (κ3) is 2.14. The Bertz CT molecular complexity index is 127. The second-order valence-electron chi connectivity index (χ2n) is 3.56. The maximum Gasteiger partial charge on any atom is 0.128 e. The van der Waals surface area contributed by atoms with Crippen LogP contribution < -0.4 is 5.73 Å². The van der Waals surface area contributed by atoms with Crippen LogP contribution in [0.1, 0.15) is 20.3 Å². The molecule has 1 aliphatic heterocycles. The molecule has 3 heteroatoms. The minimum Gasteiger partial charge on any atom is -0.325 e. The molecule has 0 spiro atoms. The van der Waals surface area contributed by atoms with Crippen LogP contribution in [0, 0.1) is 0 Å². The predicted octanol–water partition coefficient (Wildman–Crippen LogP) is 0.766. The highest BCUT2D eigenvalue weighted by Crippen LogP contribution is 2.14. The Morgan fingerprint density at radius 1 is 1.55 bits per heavy atom. The van der Waals surface area contributed by atoms with Gasteiger partial charge in [-0.25, -0.2) is 4.39 Å². The first-order valence-electron chi connectivity index (χ1n) is 4.25. The smallest absolute Gasteiger partial charge is 0.128 e. The summed E-state index contributed by atoms with van der Waals surface area (Å²) < 4.78 is 13.0. The maximum atomic E-state index is 13.0. The highest BCUT2D eigenvalue weighted by Gasteiger charge is 2.27. The molecule has 1 heterocycles. The lowest BCUT2D eigenvalue weighted by molar-refractivity contribution is 0.0959. The van der Waals surface area contributed by atoms with Gasteiger partial charge in [0, 0.05) is 25.2 Å². The van der Waals surface area contributed by atoms with Gasteiger partial charge in [0.2, 0.25) is 0 Å². The molecule has 0 aromatic rings. The van der Waals surface area contributed by atoms with Gasteiger partial charge < -0.3 is 5.73 Å². The first-order valence-corrected chi connectivity index (χ1v) is 4.25. The van der Waals surface area contributed by atoms with Gasteiger partial charge in [0.05, 0.1) is 0 Å². The minimum atomic E-state index is -0.828. The number of halogens is 1. The molecule has 11 heavy (non-hydrogen) atoms. The second-order valence-corrected chi connectivity index (χ2v) is 3.56. The van der Waals surface area contributed by atoms with E-state index in [4.69, 9.17) is 5.73 Å². The molecule has 66 valence electrons. The maximum absolute atomic E-state index is 13.0. The molecule has 0 aromatic heterocycles. The molecule has 2 nitrogen and oxygen atoms in total. The lowest BCUT2D eigenvalue weighted by Crippen LogP contribution is -2.50. The van der Waals surface area contributed by atoms with E-state index in [1.807, 2.05) is 0 Å². The van der Waals surface area contributed by atoms with Gasteiger partial charge in [0.15, 0.2) is 0 Å². The zero-order valence-electron chi connectivity index (χ0n) is 7.26. The Kier molecular flexibility index (Phi) is 2.84. The fourth-order valence-electron chi connectivity index (χ4n) is 1.42. The van der Waals surface area contributed by atoms with Crippen molar-refractivity contribution in [2.24, 2.45) is 5.73 Å². The predicted molar refractivity (Wildman–Crippen MR) is 44.2 cm³/mol. The van der Waals surface area contributed by atoms with E-state index < -0.39 is 6.17 Å². The first-order chi connectivity index (χ1) is 5.11. The van der Waals surface area contributed by atoms with Crippen LogP contribution in [0.2, 0.25) is 0 Å². The van der Waals surface area contributed by atoms with Crippen LogP contribution in [0.3, 0.4) is 0 Å². The van der Waals surface area contributed by atoms with Crippen molar-refractivity contribution in [2.45, 2.75) is 38.5 Å². The fourth-order valence-corrected chi connectivity index (χ4v) is 1.42. The largest absolute Gasteiger partial charge is 0.325 e. The summed E-state index contributed by atoms with van der Waals surface area (Å²) in [6, 6.07) is 0.214. The third-order valence-electron chi connectivity index (χ3n) is 2.35. The molecule has 1 fully saturated rings. The zero-order chi connectivity index (χ0) is 8.43. The molecule has 0 radical (unpaired) electrons. The molecule has 1 unspecified atom stereocenters. The second kappa shape index (κ2) is 3.50. The number of likely N-dealkylation sites (tertiary alicyclic amines) is 1.